The van der Waals surface area contributed by atoms with Crippen LogP contribution in [0.15, 0.2) is 205 Å². The molecule has 10 aromatic carbocycles. The minimum atomic E-state index is 0.905. The zero-order valence-corrected chi connectivity index (χ0v) is 29.4. The van der Waals surface area contributed by atoms with Crippen molar-refractivity contribution in [2.45, 2.75) is 0 Å². The van der Waals surface area contributed by atoms with E-state index >= 15 is 0 Å². The number of furan rings is 1. The second kappa shape index (κ2) is 12.2. The second-order valence-electron chi connectivity index (χ2n) is 14.1. The number of hydrogen-bond donors (Lipinski definition) is 0. The molecule has 1 heterocycles. The third-order valence-corrected chi connectivity index (χ3v) is 11.0. The van der Waals surface area contributed by atoms with Crippen LogP contribution in [0.25, 0.3) is 87.3 Å². The number of para-hydroxylation sites is 1. The maximum Gasteiger partial charge on any atom is 0.136 e. The van der Waals surface area contributed by atoms with E-state index in [9.17, 15) is 0 Å². The lowest BCUT2D eigenvalue weighted by atomic mass is 9.97. The number of hydrogen-bond acceptors (Lipinski definition) is 2. The van der Waals surface area contributed by atoms with Crippen LogP contribution in [0.1, 0.15) is 0 Å². The van der Waals surface area contributed by atoms with Gasteiger partial charge in [-0.05, 0) is 120 Å². The highest BCUT2D eigenvalue weighted by Crippen LogP contribution is 2.41. The van der Waals surface area contributed by atoms with E-state index in [0.717, 1.165) is 44.6 Å². The zero-order valence-electron chi connectivity index (χ0n) is 29.4. The Hall–Kier alpha value is -7.16. The summed E-state index contributed by atoms with van der Waals surface area (Å²) >= 11 is 0. The predicted octanol–water partition coefficient (Wildman–Crippen LogP) is 15.0. The van der Waals surface area contributed by atoms with Crippen molar-refractivity contribution < 1.29 is 4.42 Å². The first kappa shape index (κ1) is 30.5. The van der Waals surface area contributed by atoms with E-state index in [1.165, 1.54) is 59.8 Å². The summed E-state index contributed by atoms with van der Waals surface area (Å²) in [6.45, 7) is 0. The van der Waals surface area contributed by atoms with Gasteiger partial charge in [0.15, 0.2) is 0 Å². The number of benzene rings is 10. The molecule has 0 aliphatic rings. The zero-order chi connectivity index (χ0) is 35.6. The average molecular weight is 688 g/mol. The molecule has 0 N–H and O–H groups in total. The van der Waals surface area contributed by atoms with Crippen molar-refractivity contribution in [3.8, 4) is 22.3 Å². The largest absolute Gasteiger partial charge is 0.456 e. The fourth-order valence-corrected chi connectivity index (χ4v) is 8.37. The first-order valence-corrected chi connectivity index (χ1v) is 18.5. The Kier molecular flexibility index (Phi) is 6.90. The van der Waals surface area contributed by atoms with Gasteiger partial charge >= 0.3 is 0 Å². The molecule has 0 amide bonds. The molecular weight excluding hydrogens is 655 g/mol. The van der Waals surface area contributed by atoms with Crippen LogP contribution in [0.5, 0.6) is 0 Å². The van der Waals surface area contributed by atoms with Crippen molar-refractivity contribution in [2.75, 3.05) is 4.90 Å². The number of anilines is 3. The van der Waals surface area contributed by atoms with Gasteiger partial charge in [0.2, 0.25) is 0 Å². The van der Waals surface area contributed by atoms with Crippen molar-refractivity contribution in [1.82, 2.24) is 0 Å². The fraction of sp³-hybridized carbons (Fsp3) is 0. The molecule has 2 nitrogen and oxygen atoms in total. The Bertz CT molecular complexity index is 3210. The lowest BCUT2D eigenvalue weighted by Gasteiger charge is -2.26. The number of fused-ring (bicyclic) bond motifs is 9. The summed E-state index contributed by atoms with van der Waals surface area (Å²) in [4.78, 5) is 2.37. The summed E-state index contributed by atoms with van der Waals surface area (Å²) in [5.41, 5.74) is 9.83. The molecule has 0 unspecified atom stereocenters. The van der Waals surface area contributed by atoms with Crippen molar-refractivity contribution in [1.29, 1.82) is 0 Å². The third kappa shape index (κ3) is 4.96. The van der Waals surface area contributed by atoms with Crippen LogP contribution in [0.3, 0.4) is 0 Å². The normalized spacial score (nSPS) is 11.7. The minimum Gasteiger partial charge on any atom is -0.456 e. The molecule has 0 spiro atoms. The van der Waals surface area contributed by atoms with Crippen molar-refractivity contribution in [3.63, 3.8) is 0 Å². The van der Waals surface area contributed by atoms with Gasteiger partial charge < -0.3 is 9.32 Å². The molecule has 2 heteroatoms. The third-order valence-electron chi connectivity index (χ3n) is 11.0. The Balaban J connectivity index is 1.04. The molecule has 252 valence electrons. The van der Waals surface area contributed by atoms with Gasteiger partial charge in [-0.1, -0.05) is 146 Å². The molecule has 1 aromatic heterocycles. The SMILES string of the molecule is c1ccc2c(c1)ccc1ccc(-c3ccc(N(c4ccc(-c5cccc6oc7ccccc7c56)cc4)c4ccc5ccc6ccccc6c5c4)cc3)cc12. The molecule has 0 aliphatic heterocycles. The van der Waals surface area contributed by atoms with E-state index in [4.69, 9.17) is 4.42 Å². The van der Waals surface area contributed by atoms with Gasteiger partial charge in [0.05, 0.1) is 0 Å². The predicted molar refractivity (Wildman–Crippen MR) is 229 cm³/mol. The topological polar surface area (TPSA) is 16.4 Å². The van der Waals surface area contributed by atoms with E-state index in [2.05, 4.69) is 193 Å². The van der Waals surface area contributed by atoms with Gasteiger partial charge in [-0.15, -0.1) is 0 Å². The molecule has 0 saturated carbocycles. The second-order valence-corrected chi connectivity index (χ2v) is 14.1. The molecule has 0 atom stereocenters. The highest BCUT2D eigenvalue weighted by Gasteiger charge is 2.17. The molecule has 11 rings (SSSR count). The molecule has 11 aromatic rings. The molecular formula is C52H33NO. The van der Waals surface area contributed by atoms with E-state index in [1.54, 1.807) is 0 Å². The van der Waals surface area contributed by atoms with E-state index in [0.29, 0.717) is 0 Å². The van der Waals surface area contributed by atoms with Crippen LogP contribution < -0.4 is 4.90 Å². The summed E-state index contributed by atoms with van der Waals surface area (Å²) in [6, 6.07) is 72.4. The smallest absolute Gasteiger partial charge is 0.136 e. The Morgan fingerprint density at radius 2 is 0.778 bits per heavy atom. The molecule has 0 saturated heterocycles. The van der Waals surface area contributed by atoms with Crippen LogP contribution in [-0.2, 0) is 0 Å². The van der Waals surface area contributed by atoms with E-state index in [-0.39, 0.29) is 0 Å². The minimum absolute atomic E-state index is 0.905. The van der Waals surface area contributed by atoms with Gasteiger partial charge in [-0.2, -0.15) is 0 Å². The summed E-state index contributed by atoms with van der Waals surface area (Å²) in [7, 11) is 0. The first-order valence-electron chi connectivity index (χ1n) is 18.5. The van der Waals surface area contributed by atoms with E-state index in [1.807, 2.05) is 12.1 Å². The van der Waals surface area contributed by atoms with Crippen LogP contribution in [0.4, 0.5) is 17.1 Å². The highest BCUT2D eigenvalue weighted by atomic mass is 16.3. The maximum absolute atomic E-state index is 6.23. The lowest BCUT2D eigenvalue weighted by molar-refractivity contribution is 0.669. The summed E-state index contributed by atoms with van der Waals surface area (Å²) in [5, 5.41) is 12.3. The fourth-order valence-electron chi connectivity index (χ4n) is 8.37. The van der Waals surface area contributed by atoms with Crippen LogP contribution in [-0.4, -0.2) is 0 Å². The molecule has 0 radical (unpaired) electrons. The standard InChI is InChI=1S/C52H33NO/c1-3-10-44-35(8-1)16-18-38-20-21-40(32-48(38)44)34-22-27-41(28-23-34)53(43-31-26-39-19-17-36-9-2-4-11-45(36)49(39)33-43)42-29-24-37(25-30-42)46-13-7-15-51-52(46)47-12-5-6-14-50(47)54-51/h1-33H. The van der Waals surface area contributed by atoms with Crippen LogP contribution >= 0.6 is 0 Å². The molecule has 54 heavy (non-hydrogen) atoms. The van der Waals surface area contributed by atoms with Crippen molar-refractivity contribution >= 4 is 82.1 Å². The maximum atomic E-state index is 6.23. The Morgan fingerprint density at radius 1 is 0.296 bits per heavy atom. The Morgan fingerprint density at radius 3 is 1.46 bits per heavy atom. The van der Waals surface area contributed by atoms with E-state index < -0.39 is 0 Å². The summed E-state index contributed by atoms with van der Waals surface area (Å²) in [5.74, 6) is 0. The quantitative estimate of drug-likeness (QED) is 0.168. The van der Waals surface area contributed by atoms with Crippen molar-refractivity contribution in [3.05, 3.63) is 200 Å². The first-order chi connectivity index (χ1) is 26.7. The monoisotopic (exact) mass is 687 g/mol. The van der Waals surface area contributed by atoms with Crippen LogP contribution in [0, 0.1) is 0 Å². The van der Waals surface area contributed by atoms with Gasteiger partial charge in [0, 0.05) is 27.8 Å². The highest BCUT2D eigenvalue weighted by molar-refractivity contribution is 6.13. The number of rotatable bonds is 5. The number of nitrogens with zero attached hydrogens (tertiary/aromatic N) is 1. The van der Waals surface area contributed by atoms with Crippen molar-refractivity contribution in [2.24, 2.45) is 0 Å². The average Bonchev–Trinajstić information content (AvgIpc) is 3.63. The summed E-state index contributed by atoms with van der Waals surface area (Å²) in [6.07, 6.45) is 0. The molecule has 0 bridgehead atoms. The van der Waals surface area contributed by atoms with Crippen LogP contribution in [0.2, 0.25) is 0 Å². The van der Waals surface area contributed by atoms with Gasteiger partial charge in [-0.3, -0.25) is 0 Å². The summed E-state index contributed by atoms with van der Waals surface area (Å²) < 4.78 is 6.23. The van der Waals surface area contributed by atoms with Gasteiger partial charge in [0.25, 0.3) is 0 Å². The lowest BCUT2D eigenvalue weighted by Crippen LogP contribution is -2.09. The molecule has 0 fully saturated rings. The van der Waals surface area contributed by atoms with Gasteiger partial charge in [-0.25, -0.2) is 0 Å². The molecule has 0 aliphatic carbocycles. The van der Waals surface area contributed by atoms with Gasteiger partial charge in [0.1, 0.15) is 11.2 Å². The Labute approximate surface area is 312 Å².